The third-order valence-electron chi connectivity index (χ3n) is 2.94. The number of aromatic amines is 1. The van der Waals surface area contributed by atoms with Gasteiger partial charge in [-0.1, -0.05) is 11.6 Å². The minimum Gasteiger partial charge on any atom is -0.495 e. The number of furan rings is 1. The number of hydrogen-bond acceptors (Lipinski definition) is 5. The number of benzene rings is 1. The Morgan fingerprint density at radius 3 is 2.86 bits per heavy atom. The number of anilines is 1. The van der Waals surface area contributed by atoms with Crippen LogP contribution in [0.4, 0.5) is 5.95 Å². The third kappa shape index (κ3) is 3.52. The van der Waals surface area contributed by atoms with Crippen LogP contribution >= 0.6 is 24.0 Å². The number of aromatic nitrogens is 3. The Labute approximate surface area is 138 Å². The molecule has 3 rings (SSSR count). The average molecular weight is 341 g/mol. The lowest BCUT2D eigenvalue weighted by Gasteiger charge is -2.04. The van der Waals surface area contributed by atoms with E-state index in [-0.39, 0.29) is 12.4 Å². The Morgan fingerprint density at radius 1 is 1.32 bits per heavy atom. The van der Waals surface area contributed by atoms with Crippen LogP contribution in [0, 0.1) is 0 Å². The molecule has 0 aliphatic rings. The van der Waals surface area contributed by atoms with E-state index < -0.39 is 0 Å². The van der Waals surface area contributed by atoms with Gasteiger partial charge in [-0.15, -0.1) is 12.4 Å². The van der Waals surface area contributed by atoms with Crippen LogP contribution in [0.2, 0.25) is 5.02 Å². The summed E-state index contributed by atoms with van der Waals surface area (Å²) in [5.74, 6) is 2.77. The molecule has 0 unspecified atom stereocenters. The van der Waals surface area contributed by atoms with Gasteiger partial charge in [0.25, 0.3) is 0 Å². The Hall–Kier alpha value is -2.18. The van der Waals surface area contributed by atoms with Crippen LogP contribution < -0.4 is 10.1 Å². The van der Waals surface area contributed by atoms with E-state index in [4.69, 9.17) is 20.8 Å². The molecule has 22 heavy (non-hydrogen) atoms. The quantitative estimate of drug-likeness (QED) is 0.739. The fourth-order valence-corrected chi connectivity index (χ4v) is 2.17. The molecule has 0 spiro atoms. The molecule has 0 aliphatic carbocycles. The van der Waals surface area contributed by atoms with Crippen LogP contribution in [0.3, 0.4) is 0 Å². The van der Waals surface area contributed by atoms with Gasteiger partial charge in [0, 0.05) is 5.56 Å². The van der Waals surface area contributed by atoms with Gasteiger partial charge >= 0.3 is 0 Å². The Kier molecular flexibility index (Phi) is 5.30. The fourth-order valence-electron chi connectivity index (χ4n) is 1.91. The number of methoxy groups -OCH3 is 1. The number of hydrogen-bond donors (Lipinski definition) is 2. The first-order valence-corrected chi connectivity index (χ1v) is 6.66. The molecular weight excluding hydrogens is 327 g/mol. The van der Waals surface area contributed by atoms with E-state index in [1.165, 1.54) is 6.33 Å². The predicted molar refractivity (Wildman–Crippen MR) is 86.7 cm³/mol. The van der Waals surface area contributed by atoms with Crippen molar-refractivity contribution < 1.29 is 9.15 Å². The van der Waals surface area contributed by atoms with Gasteiger partial charge in [0.2, 0.25) is 5.95 Å². The zero-order valence-electron chi connectivity index (χ0n) is 11.7. The van der Waals surface area contributed by atoms with Gasteiger partial charge in [0.05, 0.1) is 18.7 Å². The lowest BCUT2D eigenvalue weighted by molar-refractivity contribution is 0.415. The van der Waals surface area contributed by atoms with Crippen molar-refractivity contribution in [3.05, 3.63) is 47.4 Å². The highest BCUT2D eigenvalue weighted by atomic mass is 35.5. The zero-order chi connectivity index (χ0) is 14.7. The van der Waals surface area contributed by atoms with Gasteiger partial charge in [-0.3, -0.25) is 0 Å². The standard InChI is InChI=1S/C14H13ClN4O2.ClH/c1-20-13-4-2-9(6-11(13)15)12-5-3-10(21-12)7-16-14-17-8-18-19-14;/h2-6,8H,7H2,1H3,(H2,16,17,18,19);1H. The van der Waals surface area contributed by atoms with Crippen molar-refractivity contribution in [1.82, 2.24) is 15.2 Å². The van der Waals surface area contributed by atoms with Crippen LogP contribution in [0.1, 0.15) is 5.76 Å². The second-order valence-electron chi connectivity index (χ2n) is 4.30. The molecule has 0 aliphatic heterocycles. The molecule has 0 bridgehead atoms. The maximum absolute atomic E-state index is 6.12. The summed E-state index contributed by atoms with van der Waals surface area (Å²) in [6.07, 6.45) is 1.44. The lowest BCUT2D eigenvalue weighted by Crippen LogP contribution is -1.99. The number of ether oxygens (including phenoxy) is 1. The highest BCUT2D eigenvalue weighted by molar-refractivity contribution is 6.32. The zero-order valence-corrected chi connectivity index (χ0v) is 13.2. The summed E-state index contributed by atoms with van der Waals surface area (Å²) in [7, 11) is 1.58. The minimum atomic E-state index is 0. The van der Waals surface area contributed by atoms with E-state index in [0.717, 1.165) is 17.1 Å². The second-order valence-corrected chi connectivity index (χ2v) is 4.71. The molecule has 0 amide bonds. The van der Waals surface area contributed by atoms with Crippen LogP contribution in [0.5, 0.6) is 5.75 Å². The summed E-state index contributed by atoms with van der Waals surface area (Å²) in [5.41, 5.74) is 0.895. The number of nitrogens with one attached hydrogen (secondary N) is 2. The van der Waals surface area contributed by atoms with Gasteiger partial charge in [-0.05, 0) is 30.3 Å². The number of nitrogens with zero attached hydrogens (tertiary/aromatic N) is 2. The lowest BCUT2D eigenvalue weighted by atomic mass is 10.2. The highest BCUT2D eigenvalue weighted by Crippen LogP contribution is 2.31. The smallest absolute Gasteiger partial charge is 0.218 e. The van der Waals surface area contributed by atoms with Crippen LogP contribution in [0.25, 0.3) is 11.3 Å². The van der Waals surface area contributed by atoms with Gasteiger partial charge in [-0.25, -0.2) is 10.1 Å². The normalized spacial score (nSPS) is 10.1. The summed E-state index contributed by atoms with van der Waals surface area (Å²) >= 11 is 6.12. The summed E-state index contributed by atoms with van der Waals surface area (Å²) in [4.78, 5) is 3.98. The topological polar surface area (TPSA) is 76.0 Å². The minimum absolute atomic E-state index is 0. The fraction of sp³-hybridized carbons (Fsp3) is 0.143. The van der Waals surface area contributed by atoms with Crippen molar-refractivity contribution in [2.45, 2.75) is 6.54 Å². The Morgan fingerprint density at radius 2 is 2.18 bits per heavy atom. The molecule has 1 aromatic carbocycles. The molecular formula is C14H14Cl2N4O2. The number of rotatable bonds is 5. The molecule has 2 N–H and O–H groups in total. The van der Waals surface area contributed by atoms with E-state index in [2.05, 4.69) is 20.5 Å². The maximum Gasteiger partial charge on any atom is 0.218 e. The summed E-state index contributed by atoms with van der Waals surface area (Å²) in [5, 5.41) is 10.1. The highest BCUT2D eigenvalue weighted by Gasteiger charge is 2.08. The molecule has 0 saturated heterocycles. The Balaban J connectivity index is 0.00000176. The largest absolute Gasteiger partial charge is 0.495 e. The van der Waals surface area contributed by atoms with E-state index in [9.17, 15) is 0 Å². The molecule has 2 heterocycles. The second kappa shape index (κ2) is 7.20. The van der Waals surface area contributed by atoms with Crippen LogP contribution in [0.15, 0.2) is 41.1 Å². The molecule has 8 heteroatoms. The van der Waals surface area contributed by atoms with Gasteiger partial charge in [0.1, 0.15) is 23.6 Å². The van der Waals surface area contributed by atoms with E-state index >= 15 is 0 Å². The molecule has 116 valence electrons. The van der Waals surface area contributed by atoms with Crippen molar-refractivity contribution in [2.24, 2.45) is 0 Å². The maximum atomic E-state index is 6.12. The van der Waals surface area contributed by atoms with E-state index in [1.807, 2.05) is 30.3 Å². The molecule has 2 aromatic heterocycles. The third-order valence-corrected chi connectivity index (χ3v) is 3.24. The SMILES string of the molecule is COc1ccc(-c2ccc(CNc3ncn[nH]3)o2)cc1Cl.Cl. The molecule has 3 aromatic rings. The molecule has 0 radical (unpaired) electrons. The molecule has 0 atom stereocenters. The predicted octanol–water partition coefficient (Wildman–Crippen LogP) is 3.76. The van der Waals surface area contributed by atoms with Crippen LogP contribution in [-0.2, 0) is 6.54 Å². The van der Waals surface area contributed by atoms with Gasteiger partial charge in [0.15, 0.2) is 0 Å². The number of H-pyrrole nitrogens is 1. The van der Waals surface area contributed by atoms with Crippen molar-refractivity contribution in [1.29, 1.82) is 0 Å². The van der Waals surface area contributed by atoms with E-state index in [0.29, 0.717) is 23.3 Å². The van der Waals surface area contributed by atoms with Crippen molar-refractivity contribution in [3.8, 4) is 17.1 Å². The van der Waals surface area contributed by atoms with Crippen molar-refractivity contribution >= 4 is 30.0 Å². The monoisotopic (exact) mass is 340 g/mol. The summed E-state index contributed by atoms with van der Waals surface area (Å²) in [6.45, 7) is 0.513. The van der Waals surface area contributed by atoms with Crippen molar-refractivity contribution in [2.75, 3.05) is 12.4 Å². The van der Waals surface area contributed by atoms with E-state index in [1.54, 1.807) is 7.11 Å². The first-order chi connectivity index (χ1) is 10.3. The van der Waals surface area contributed by atoms with Crippen LogP contribution in [-0.4, -0.2) is 22.3 Å². The van der Waals surface area contributed by atoms with Crippen molar-refractivity contribution in [3.63, 3.8) is 0 Å². The molecule has 0 fully saturated rings. The molecule has 0 saturated carbocycles. The summed E-state index contributed by atoms with van der Waals surface area (Å²) < 4.78 is 10.9. The van der Waals surface area contributed by atoms with Gasteiger partial charge in [-0.2, -0.15) is 5.10 Å². The Bertz CT molecular complexity index is 728. The number of halogens is 2. The summed E-state index contributed by atoms with van der Waals surface area (Å²) in [6, 6.07) is 9.32. The van der Waals surface area contributed by atoms with Gasteiger partial charge < -0.3 is 14.5 Å². The molecule has 6 nitrogen and oxygen atoms in total. The first-order valence-electron chi connectivity index (χ1n) is 6.28. The first kappa shape index (κ1) is 16.2. The average Bonchev–Trinajstić information content (AvgIpc) is 3.16.